The zero-order valence-corrected chi connectivity index (χ0v) is 10.6. The summed E-state index contributed by atoms with van der Waals surface area (Å²) in [5, 5.41) is 0. The second-order valence-corrected chi connectivity index (χ2v) is 4.40. The third-order valence-corrected chi connectivity index (χ3v) is 2.95. The van der Waals surface area contributed by atoms with Crippen LogP contribution in [-0.2, 0) is 28.6 Å². The van der Waals surface area contributed by atoms with Crippen molar-refractivity contribution in [3.63, 3.8) is 0 Å². The Bertz CT molecular complexity index is 476. The third-order valence-electron chi connectivity index (χ3n) is 2.95. The fourth-order valence-electron chi connectivity index (χ4n) is 2.19. The number of fused-ring (bicyclic) bond motifs is 1. The quantitative estimate of drug-likeness (QED) is 0.535. The van der Waals surface area contributed by atoms with Gasteiger partial charge in [-0.15, -0.1) is 0 Å². The number of rotatable bonds is 2. The van der Waals surface area contributed by atoms with E-state index in [4.69, 9.17) is 14.2 Å². The Hall–Kier alpha value is -1.95. The van der Waals surface area contributed by atoms with Gasteiger partial charge in [0.1, 0.15) is 0 Å². The van der Waals surface area contributed by atoms with Gasteiger partial charge in [0, 0.05) is 19.4 Å². The van der Waals surface area contributed by atoms with Crippen LogP contribution in [-0.4, -0.2) is 36.5 Å². The van der Waals surface area contributed by atoms with Gasteiger partial charge in [-0.25, -0.2) is 0 Å². The van der Waals surface area contributed by atoms with Gasteiger partial charge in [-0.2, -0.15) is 0 Å². The van der Waals surface area contributed by atoms with E-state index in [0.717, 1.165) is 0 Å². The molecule has 1 heterocycles. The molecule has 1 aliphatic carbocycles. The van der Waals surface area contributed by atoms with Crippen molar-refractivity contribution < 1.29 is 28.6 Å². The first-order chi connectivity index (χ1) is 8.99. The van der Waals surface area contributed by atoms with Gasteiger partial charge in [0.15, 0.2) is 11.9 Å². The maximum atomic E-state index is 11.8. The van der Waals surface area contributed by atoms with Crippen LogP contribution in [0.1, 0.15) is 13.8 Å². The highest BCUT2D eigenvalue weighted by Gasteiger charge is 2.44. The fraction of sp³-hybridized carbons (Fsp3) is 0.462. The van der Waals surface area contributed by atoms with Gasteiger partial charge in [0.25, 0.3) is 0 Å². The molecule has 1 saturated heterocycles. The summed E-state index contributed by atoms with van der Waals surface area (Å²) in [5.41, 5.74) is 0.629. The predicted molar refractivity (Wildman–Crippen MR) is 62.8 cm³/mol. The van der Waals surface area contributed by atoms with E-state index in [1.807, 2.05) is 0 Å². The molecule has 1 unspecified atom stereocenters. The van der Waals surface area contributed by atoms with Crippen LogP contribution in [0.3, 0.4) is 0 Å². The van der Waals surface area contributed by atoms with Crippen LogP contribution in [0, 0.1) is 5.92 Å². The molecular weight excluding hydrogens is 252 g/mol. The third kappa shape index (κ3) is 2.90. The Labute approximate surface area is 110 Å². The lowest BCUT2D eigenvalue weighted by atomic mass is 9.84. The van der Waals surface area contributed by atoms with Gasteiger partial charge >= 0.3 is 11.9 Å². The molecule has 0 bridgehead atoms. The van der Waals surface area contributed by atoms with E-state index in [0.29, 0.717) is 5.57 Å². The number of carbonyl (C=O) groups excluding carboxylic acids is 3. The van der Waals surface area contributed by atoms with Gasteiger partial charge in [-0.05, 0) is 6.08 Å². The van der Waals surface area contributed by atoms with Gasteiger partial charge in [0.2, 0.25) is 0 Å². The molecule has 0 aromatic carbocycles. The molecule has 19 heavy (non-hydrogen) atoms. The Kier molecular flexibility index (Phi) is 3.80. The first-order valence-corrected chi connectivity index (χ1v) is 5.86. The average Bonchev–Trinajstić information content (AvgIpc) is 2.73. The van der Waals surface area contributed by atoms with Crippen LogP contribution in [0.15, 0.2) is 24.0 Å². The largest absolute Gasteiger partial charge is 0.453 e. The summed E-state index contributed by atoms with van der Waals surface area (Å²) < 4.78 is 15.3. The van der Waals surface area contributed by atoms with Crippen molar-refractivity contribution in [3.05, 3.63) is 24.0 Å². The minimum absolute atomic E-state index is 0.234. The van der Waals surface area contributed by atoms with E-state index in [9.17, 15) is 14.4 Å². The molecule has 0 saturated carbocycles. The van der Waals surface area contributed by atoms with E-state index in [-0.39, 0.29) is 18.5 Å². The number of hydrogen-bond acceptors (Lipinski definition) is 6. The van der Waals surface area contributed by atoms with E-state index in [1.165, 1.54) is 26.2 Å². The lowest BCUT2D eigenvalue weighted by Gasteiger charge is -2.27. The Morgan fingerprint density at radius 2 is 2.11 bits per heavy atom. The van der Waals surface area contributed by atoms with Crippen molar-refractivity contribution in [3.8, 4) is 0 Å². The van der Waals surface area contributed by atoms with Crippen molar-refractivity contribution in [2.24, 2.45) is 5.92 Å². The second kappa shape index (κ2) is 5.36. The molecule has 102 valence electrons. The molecular formula is C13H14O6. The zero-order valence-electron chi connectivity index (χ0n) is 10.6. The summed E-state index contributed by atoms with van der Waals surface area (Å²) in [4.78, 5) is 33.7. The first-order valence-electron chi connectivity index (χ1n) is 5.86. The number of esters is 2. The molecule has 1 fully saturated rings. The zero-order chi connectivity index (χ0) is 14.0. The van der Waals surface area contributed by atoms with E-state index < -0.39 is 24.0 Å². The Morgan fingerprint density at radius 3 is 2.74 bits per heavy atom. The molecule has 0 N–H and O–H groups in total. The first kappa shape index (κ1) is 13.5. The monoisotopic (exact) mass is 266 g/mol. The van der Waals surface area contributed by atoms with E-state index >= 15 is 0 Å². The highest BCUT2D eigenvalue weighted by Crippen LogP contribution is 2.35. The molecule has 1 aliphatic heterocycles. The smallest absolute Gasteiger partial charge is 0.307 e. The maximum Gasteiger partial charge on any atom is 0.307 e. The molecule has 6 heteroatoms. The second-order valence-electron chi connectivity index (χ2n) is 4.40. The van der Waals surface area contributed by atoms with Crippen LogP contribution in [0.2, 0.25) is 0 Å². The highest BCUT2D eigenvalue weighted by molar-refractivity contribution is 5.96. The molecule has 2 rings (SSSR count). The summed E-state index contributed by atoms with van der Waals surface area (Å²) >= 11 is 0. The fourth-order valence-corrected chi connectivity index (χ4v) is 2.19. The molecule has 3 atom stereocenters. The van der Waals surface area contributed by atoms with Gasteiger partial charge in [0.05, 0.1) is 24.9 Å². The predicted octanol–water partition coefficient (Wildman–Crippen LogP) is 0.519. The maximum absolute atomic E-state index is 11.8. The van der Waals surface area contributed by atoms with Crippen LogP contribution in [0.25, 0.3) is 0 Å². The number of ketones is 1. The molecule has 6 nitrogen and oxygen atoms in total. The lowest BCUT2D eigenvalue weighted by molar-refractivity contribution is -0.155. The SMILES string of the molecule is CC(=O)O/C=C1\CO[C@@H]2C=CC(=O)C(OC(C)=O)[C@H]12. The van der Waals surface area contributed by atoms with Crippen molar-refractivity contribution in [2.45, 2.75) is 26.1 Å². The van der Waals surface area contributed by atoms with Crippen molar-refractivity contribution in [2.75, 3.05) is 6.61 Å². The Balaban J connectivity index is 2.24. The molecule has 0 spiro atoms. The molecule has 0 aromatic rings. The lowest BCUT2D eigenvalue weighted by Crippen LogP contribution is -2.40. The van der Waals surface area contributed by atoms with Gasteiger partial charge in [-0.3, -0.25) is 14.4 Å². The number of ether oxygens (including phenoxy) is 3. The summed E-state index contributed by atoms with van der Waals surface area (Å²) in [6, 6.07) is 0. The van der Waals surface area contributed by atoms with Crippen LogP contribution in [0.4, 0.5) is 0 Å². The van der Waals surface area contributed by atoms with Crippen LogP contribution < -0.4 is 0 Å². The topological polar surface area (TPSA) is 78.9 Å². The normalized spacial score (nSPS) is 31.2. The summed E-state index contributed by atoms with van der Waals surface area (Å²) in [7, 11) is 0. The molecule has 0 aromatic heterocycles. The van der Waals surface area contributed by atoms with E-state index in [1.54, 1.807) is 6.08 Å². The van der Waals surface area contributed by atoms with E-state index in [2.05, 4.69) is 0 Å². The van der Waals surface area contributed by atoms with Gasteiger partial charge in [-0.1, -0.05) is 6.08 Å². The molecule has 0 amide bonds. The number of carbonyl (C=O) groups is 3. The summed E-state index contributed by atoms with van der Waals surface area (Å²) in [6.45, 7) is 2.75. The number of hydrogen-bond donors (Lipinski definition) is 0. The minimum Gasteiger partial charge on any atom is -0.453 e. The standard InChI is InChI=1S/C13H14O6/c1-7(14)17-5-9-6-18-11-4-3-10(16)13(12(9)11)19-8(2)15/h3-5,11-13H,6H2,1-2H3/b9-5+/t11-,12-,13?/m1/s1. The average molecular weight is 266 g/mol. The minimum atomic E-state index is -0.920. The summed E-state index contributed by atoms with van der Waals surface area (Å²) in [5.74, 6) is -1.72. The van der Waals surface area contributed by atoms with Crippen molar-refractivity contribution in [1.82, 2.24) is 0 Å². The van der Waals surface area contributed by atoms with Crippen LogP contribution in [0.5, 0.6) is 0 Å². The molecule has 0 radical (unpaired) electrons. The highest BCUT2D eigenvalue weighted by atomic mass is 16.6. The van der Waals surface area contributed by atoms with Crippen molar-refractivity contribution in [1.29, 1.82) is 0 Å². The van der Waals surface area contributed by atoms with Gasteiger partial charge < -0.3 is 14.2 Å². The summed E-state index contributed by atoms with van der Waals surface area (Å²) in [6.07, 6.45) is 2.99. The van der Waals surface area contributed by atoms with Crippen LogP contribution >= 0.6 is 0 Å². The Morgan fingerprint density at radius 1 is 1.37 bits per heavy atom. The molecule has 2 aliphatic rings. The van der Waals surface area contributed by atoms with Crippen molar-refractivity contribution >= 4 is 17.7 Å².